The van der Waals surface area contributed by atoms with E-state index in [1.807, 2.05) is 6.92 Å². The van der Waals surface area contributed by atoms with Crippen molar-refractivity contribution < 1.29 is 26.7 Å². The van der Waals surface area contributed by atoms with Gasteiger partial charge >= 0.3 is 0 Å². The molecule has 0 saturated carbocycles. The number of ether oxygens (including phenoxy) is 1. The summed E-state index contributed by atoms with van der Waals surface area (Å²) in [7, 11) is -2.38. The van der Waals surface area contributed by atoms with Gasteiger partial charge in [-0.05, 0) is 43.3 Å². The predicted octanol–water partition coefficient (Wildman–Crippen LogP) is 4.48. The Labute approximate surface area is 204 Å². The number of sulfonamides is 1. The van der Waals surface area contributed by atoms with E-state index in [0.29, 0.717) is 4.70 Å². The number of nitrogens with zero attached hydrogens (tertiary/aromatic N) is 2. The number of rotatable bonds is 7. The molecule has 0 spiro atoms. The molecular formula is C24H21F2N3O4S2. The summed E-state index contributed by atoms with van der Waals surface area (Å²) < 4.78 is 62.9. The van der Waals surface area contributed by atoms with E-state index in [4.69, 9.17) is 4.74 Å². The zero-order valence-corrected chi connectivity index (χ0v) is 20.4. The molecule has 7 nitrogen and oxygen atoms in total. The number of aromatic nitrogens is 1. The quantitative estimate of drug-likeness (QED) is 0.392. The predicted molar refractivity (Wildman–Crippen MR) is 130 cm³/mol. The van der Waals surface area contributed by atoms with E-state index in [1.54, 1.807) is 12.1 Å². The maximum Gasteiger partial charge on any atom is 0.279 e. The molecule has 1 N–H and O–H groups in total. The molecule has 4 rings (SSSR count). The third-order valence-electron chi connectivity index (χ3n) is 5.10. The van der Waals surface area contributed by atoms with Gasteiger partial charge in [0.25, 0.3) is 15.9 Å². The highest BCUT2D eigenvalue weighted by Crippen LogP contribution is 2.23. The second-order valence-corrected chi connectivity index (χ2v) is 10.4. The van der Waals surface area contributed by atoms with Crippen molar-refractivity contribution in [2.75, 3.05) is 18.4 Å². The Morgan fingerprint density at radius 1 is 1.11 bits per heavy atom. The van der Waals surface area contributed by atoms with Crippen LogP contribution in [-0.4, -0.2) is 32.6 Å². The molecular weight excluding hydrogens is 496 g/mol. The van der Waals surface area contributed by atoms with Crippen LogP contribution in [0.3, 0.4) is 0 Å². The molecule has 0 aliphatic heterocycles. The first kappa shape index (κ1) is 24.7. The number of hydrogen-bond acceptors (Lipinski definition) is 5. The number of methoxy groups -OCH3 is 1. The van der Waals surface area contributed by atoms with E-state index in [9.17, 15) is 22.0 Å². The number of nitrogens with one attached hydrogen (secondary N) is 1. The van der Waals surface area contributed by atoms with Crippen molar-refractivity contribution >= 4 is 43.2 Å². The lowest BCUT2D eigenvalue weighted by Gasteiger charge is -2.09. The van der Waals surface area contributed by atoms with E-state index in [0.717, 1.165) is 23.0 Å². The van der Waals surface area contributed by atoms with E-state index in [1.165, 1.54) is 54.1 Å². The lowest BCUT2D eigenvalue weighted by Crippen LogP contribution is -2.20. The summed E-state index contributed by atoms with van der Waals surface area (Å²) in [6.07, 6.45) is 0. The second kappa shape index (κ2) is 10.1. The fraction of sp³-hybridized carbons (Fsp3) is 0.167. The van der Waals surface area contributed by atoms with E-state index in [-0.39, 0.29) is 39.6 Å². The van der Waals surface area contributed by atoms with Gasteiger partial charge < -0.3 is 9.30 Å². The SMILES string of the molecule is COCCn1c(=NC(=O)c2cccc(NS(=O)(=O)c3ccc(C)cc3)c2)sc2cc(F)cc(F)c21. The molecule has 1 aromatic heterocycles. The highest BCUT2D eigenvalue weighted by Gasteiger charge is 2.17. The van der Waals surface area contributed by atoms with Crippen molar-refractivity contribution in [1.82, 2.24) is 4.57 Å². The van der Waals surface area contributed by atoms with Crippen LogP contribution in [0.25, 0.3) is 10.2 Å². The van der Waals surface area contributed by atoms with E-state index in [2.05, 4.69) is 9.71 Å². The molecule has 0 unspecified atom stereocenters. The number of thiazole rings is 1. The highest BCUT2D eigenvalue weighted by atomic mass is 32.2. The molecule has 0 saturated heterocycles. The number of hydrogen-bond donors (Lipinski definition) is 1. The summed E-state index contributed by atoms with van der Waals surface area (Å²) in [5.74, 6) is -2.17. The van der Waals surface area contributed by atoms with Gasteiger partial charge in [-0.25, -0.2) is 17.2 Å². The maximum absolute atomic E-state index is 14.5. The Morgan fingerprint density at radius 3 is 2.57 bits per heavy atom. The van der Waals surface area contributed by atoms with Crippen LogP contribution in [0.1, 0.15) is 15.9 Å². The number of carbonyl (C=O) groups is 1. The van der Waals surface area contributed by atoms with Crippen LogP contribution in [0.2, 0.25) is 0 Å². The van der Waals surface area contributed by atoms with Crippen LogP contribution in [-0.2, 0) is 21.3 Å². The molecule has 35 heavy (non-hydrogen) atoms. The van der Waals surface area contributed by atoms with Gasteiger partial charge in [0.05, 0.1) is 21.7 Å². The monoisotopic (exact) mass is 517 g/mol. The number of halogens is 2. The average molecular weight is 518 g/mol. The zero-order valence-electron chi connectivity index (χ0n) is 18.8. The summed E-state index contributed by atoms with van der Waals surface area (Å²) in [6.45, 7) is 2.27. The minimum absolute atomic E-state index is 0.0863. The fourth-order valence-electron chi connectivity index (χ4n) is 3.40. The topological polar surface area (TPSA) is 89.8 Å². The number of aryl methyl sites for hydroxylation is 1. The van der Waals surface area contributed by atoms with E-state index >= 15 is 0 Å². The normalized spacial score (nSPS) is 12.3. The van der Waals surface area contributed by atoms with Gasteiger partial charge in [0.2, 0.25) is 0 Å². The lowest BCUT2D eigenvalue weighted by atomic mass is 10.2. The van der Waals surface area contributed by atoms with Gasteiger partial charge in [0.1, 0.15) is 5.82 Å². The Morgan fingerprint density at radius 2 is 1.86 bits per heavy atom. The molecule has 0 atom stereocenters. The molecule has 182 valence electrons. The zero-order chi connectivity index (χ0) is 25.2. The van der Waals surface area contributed by atoms with Gasteiger partial charge in [0, 0.05) is 31.0 Å². The number of fused-ring (bicyclic) bond motifs is 1. The third kappa shape index (κ3) is 5.47. The van der Waals surface area contributed by atoms with Gasteiger partial charge in [-0.15, -0.1) is 0 Å². The van der Waals surface area contributed by atoms with Crippen molar-refractivity contribution in [2.45, 2.75) is 18.4 Å². The minimum atomic E-state index is -3.86. The molecule has 0 aliphatic carbocycles. The van der Waals surface area contributed by atoms with Gasteiger partial charge in [-0.3, -0.25) is 9.52 Å². The lowest BCUT2D eigenvalue weighted by molar-refractivity contribution is 0.0997. The van der Waals surface area contributed by atoms with Crippen molar-refractivity contribution in [1.29, 1.82) is 0 Å². The molecule has 11 heteroatoms. The number of carbonyl (C=O) groups excluding carboxylic acids is 1. The number of anilines is 1. The van der Waals surface area contributed by atoms with Crippen molar-refractivity contribution in [2.24, 2.45) is 4.99 Å². The largest absolute Gasteiger partial charge is 0.383 e. The van der Waals surface area contributed by atoms with Gasteiger partial charge in [-0.2, -0.15) is 4.99 Å². The van der Waals surface area contributed by atoms with Crippen LogP contribution in [0.4, 0.5) is 14.5 Å². The van der Waals surface area contributed by atoms with Crippen LogP contribution in [0.15, 0.2) is 70.6 Å². The second-order valence-electron chi connectivity index (χ2n) is 7.68. The molecule has 0 fully saturated rings. The summed E-state index contributed by atoms with van der Waals surface area (Å²) in [6, 6.07) is 14.2. The van der Waals surface area contributed by atoms with Crippen LogP contribution in [0.5, 0.6) is 0 Å². The Bertz CT molecular complexity index is 1580. The van der Waals surface area contributed by atoms with Crippen molar-refractivity contribution in [3.63, 3.8) is 0 Å². The van der Waals surface area contributed by atoms with Crippen LogP contribution < -0.4 is 9.52 Å². The molecule has 0 radical (unpaired) electrons. The first-order chi connectivity index (χ1) is 16.7. The number of benzene rings is 3. The first-order valence-electron chi connectivity index (χ1n) is 10.4. The van der Waals surface area contributed by atoms with Crippen LogP contribution >= 0.6 is 11.3 Å². The summed E-state index contributed by atoms with van der Waals surface area (Å²) in [4.78, 5) is 17.3. The highest BCUT2D eigenvalue weighted by molar-refractivity contribution is 7.92. The van der Waals surface area contributed by atoms with Crippen LogP contribution in [0, 0.1) is 18.6 Å². The van der Waals surface area contributed by atoms with Crippen molar-refractivity contribution in [3.05, 3.63) is 88.2 Å². The smallest absolute Gasteiger partial charge is 0.279 e. The van der Waals surface area contributed by atoms with E-state index < -0.39 is 27.6 Å². The standard InChI is InChI=1S/C24H21F2N3O4S2/c1-15-6-8-19(9-7-15)35(31,32)28-18-5-3-4-16(12-18)23(30)27-24-29(10-11-33-2)22-20(26)13-17(25)14-21(22)34-24/h3-9,12-14,28H,10-11H2,1-2H3. The minimum Gasteiger partial charge on any atom is -0.383 e. The molecule has 3 aromatic carbocycles. The molecule has 1 heterocycles. The summed E-state index contributed by atoms with van der Waals surface area (Å²) >= 11 is 0.967. The Balaban J connectivity index is 1.69. The molecule has 0 aliphatic rings. The maximum atomic E-state index is 14.5. The van der Waals surface area contributed by atoms with Gasteiger partial charge in [-0.1, -0.05) is 35.1 Å². The number of amides is 1. The summed E-state index contributed by atoms with van der Waals surface area (Å²) in [5.41, 5.74) is 1.35. The third-order valence-corrected chi connectivity index (χ3v) is 7.53. The van der Waals surface area contributed by atoms with Gasteiger partial charge in [0.15, 0.2) is 10.6 Å². The average Bonchev–Trinajstić information content (AvgIpc) is 3.14. The molecule has 1 amide bonds. The Hall–Kier alpha value is -3.41. The molecule has 0 bridgehead atoms. The molecule has 4 aromatic rings. The first-order valence-corrected chi connectivity index (χ1v) is 12.7. The fourth-order valence-corrected chi connectivity index (χ4v) is 5.55. The van der Waals surface area contributed by atoms with Crippen molar-refractivity contribution in [3.8, 4) is 0 Å². The summed E-state index contributed by atoms with van der Waals surface area (Å²) in [5, 5.41) is 0. The Kier molecular flexibility index (Phi) is 7.10.